The second-order valence-corrected chi connectivity index (χ2v) is 4.31. The fourth-order valence-electron chi connectivity index (χ4n) is 1.02. The van der Waals surface area contributed by atoms with Gasteiger partial charge in [0.15, 0.2) is 0 Å². The van der Waals surface area contributed by atoms with Gasteiger partial charge in [-0.1, -0.05) is 24.3 Å². The van der Waals surface area contributed by atoms with Crippen molar-refractivity contribution >= 4 is 13.5 Å². The highest BCUT2D eigenvalue weighted by Crippen LogP contribution is 2.30. The van der Waals surface area contributed by atoms with Crippen molar-refractivity contribution < 1.29 is 4.52 Å². The molecule has 0 bridgehead atoms. The van der Waals surface area contributed by atoms with Crippen LogP contribution in [-0.2, 0) is 4.52 Å². The maximum atomic E-state index is 5.28. The third-order valence-corrected chi connectivity index (χ3v) is 3.46. The summed E-state index contributed by atoms with van der Waals surface area (Å²) < 4.78 is 5.28. The Morgan fingerprint density at radius 2 is 1.91 bits per heavy atom. The van der Waals surface area contributed by atoms with Crippen molar-refractivity contribution in [1.29, 1.82) is 0 Å². The van der Waals surface area contributed by atoms with Gasteiger partial charge in [0, 0.05) is 12.4 Å². The molecule has 1 unspecified atom stereocenters. The van der Waals surface area contributed by atoms with E-state index >= 15 is 0 Å². The van der Waals surface area contributed by atoms with E-state index < -0.39 is 8.15 Å². The molecule has 11 heavy (non-hydrogen) atoms. The topological polar surface area (TPSA) is 9.23 Å². The Labute approximate surface area is 69.2 Å². The molecule has 0 heterocycles. The number of aryl methyl sites for hydroxylation is 1. The van der Waals surface area contributed by atoms with Gasteiger partial charge in [-0.3, -0.25) is 0 Å². The van der Waals surface area contributed by atoms with Crippen LogP contribution in [0.2, 0.25) is 0 Å². The second-order valence-electron chi connectivity index (χ2n) is 2.47. The maximum absolute atomic E-state index is 5.28. The minimum absolute atomic E-state index is 0.394. The molecule has 60 valence electrons. The molecule has 0 N–H and O–H groups in total. The van der Waals surface area contributed by atoms with Crippen LogP contribution in [0.1, 0.15) is 5.56 Å². The van der Waals surface area contributed by atoms with Crippen LogP contribution < -0.4 is 5.30 Å². The normalized spacial score (nSPS) is 13.0. The summed E-state index contributed by atoms with van der Waals surface area (Å²) >= 11 is 0. The van der Waals surface area contributed by atoms with Gasteiger partial charge in [0.05, 0.1) is 8.15 Å². The van der Waals surface area contributed by atoms with Crippen molar-refractivity contribution in [1.82, 2.24) is 0 Å². The molecule has 0 radical (unpaired) electrons. The molecule has 2 heteroatoms. The van der Waals surface area contributed by atoms with Gasteiger partial charge in [0.1, 0.15) is 0 Å². The van der Waals surface area contributed by atoms with Gasteiger partial charge in [-0.2, -0.15) is 0 Å². The third kappa shape index (κ3) is 2.02. The van der Waals surface area contributed by atoms with Crippen molar-refractivity contribution in [2.75, 3.05) is 13.8 Å². The number of benzene rings is 1. The summed E-state index contributed by atoms with van der Waals surface area (Å²) in [5.74, 6) is 0. The van der Waals surface area contributed by atoms with Crippen LogP contribution in [0.3, 0.4) is 0 Å². The highest BCUT2D eigenvalue weighted by Gasteiger charge is 2.04. The molecule has 1 aromatic rings. The molecule has 0 aromatic heterocycles. The molecule has 0 aliphatic rings. The summed E-state index contributed by atoms with van der Waals surface area (Å²) in [6.45, 7) is 4.24. The molecule has 1 nitrogen and oxygen atoms in total. The first-order valence-corrected chi connectivity index (χ1v) is 5.30. The van der Waals surface area contributed by atoms with E-state index in [0.29, 0.717) is 0 Å². The van der Waals surface area contributed by atoms with E-state index in [2.05, 4.69) is 37.9 Å². The first kappa shape index (κ1) is 8.70. The Hall–Kier alpha value is -0.390. The molecule has 0 fully saturated rings. The van der Waals surface area contributed by atoms with Crippen LogP contribution in [0.15, 0.2) is 24.3 Å². The van der Waals surface area contributed by atoms with Gasteiger partial charge in [0.2, 0.25) is 0 Å². The van der Waals surface area contributed by atoms with Crippen LogP contribution in [-0.4, -0.2) is 13.8 Å². The van der Waals surface area contributed by atoms with E-state index in [1.807, 2.05) is 0 Å². The summed E-state index contributed by atoms with van der Waals surface area (Å²) in [7, 11) is 1.37. The fourth-order valence-corrected chi connectivity index (χ4v) is 2.08. The van der Waals surface area contributed by atoms with E-state index in [1.54, 1.807) is 7.11 Å². The van der Waals surface area contributed by atoms with Gasteiger partial charge in [0.25, 0.3) is 0 Å². The lowest BCUT2D eigenvalue weighted by atomic mass is 10.2. The van der Waals surface area contributed by atoms with Crippen molar-refractivity contribution in [3.63, 3.8) is 0 Å². The lowest BCUT2D eigenvalue weighted by Crippen LogP contribution is -2.04. The fraction of sp³-hybridized carbons (Fsp3) is 0.333. The molecule has 0 saturated carbocycles. The number of rotatable bonds is 2. The maximum Gasteiger partial charge on any atom is 0.0570 e. The Morgan fingerprint density at radius 3 is 2.45 bits per heavy atom. The first-order valence-electron chi connectivity index (χ1n) is 3.59. The van der Waals surface area contributed by atoms with E-state index in [4.69, 9.17) is 4.52 Å². The zero-order chi connectivity index (χ0) is 8.27. The van der Waals surface area contributed by atoms with Crippen LogP contribution in [0, 0.1) is 6.92 Å². The van der Waals surface area contributed by atoms with Crippen molar-refractivity contribution in [3.8, 4) is 0 Å². The molecule has 0 aliphatic heterocycles. The minimum Gasteiger partial charge on any atom is -0.358 e. The summed E-state index contributed by atoms with van der Waals surface area (Å²) in [5, 5.41) is 1.34. The Bertz CT molecular complexity index is 235. The van der Waals surface area contributed by atoms with E-state index in [0.717, 1.165) is 0 Å². The predicted molar refractivity (Wildman–Crippen MR) is 50.7 cm³/mol. The molecule has 1 aromatic carbocycles. The van der Waals surface area contributed by atoms with Crippen LogP contribution >= 0.6 is 8.15 Å². The third-order valence-electron chi connectivity index (χ3n) is 1.73. The summed E-state index contributed by atoms with van der Waals surface area (Å²) in [6, 6.07) is 8.36. The average Bonchev–Trinajstić information content (AvgIpc) is 2.04. The lowest BCUT2D eigenvalue weighted by molar-refractivity contribution is 0.471. The van der Waals surface area contributed by atoms with Gasteiger partial charge in [-0.05, 0) is 19.2 Å². The summed E-state index contributed by atoms with van der Waals surface area (Å²) in [6.07, 6.45) is 0. The summed E-state index contributed by atoms with van der Waals surface area (Å²) in [4.78, 5) is 0. The smallest absolute Gasteiger partial charge is 0.0570 e. The number of hydrogen-bond acceptors (Lipinski definition) is 1. The van der Waals surface area contributed by atoms with Crippen molar-refractivity contribution in [3.05, 3.63) is 29.8 Å². The van der Waals surface area contributed by atoms with Crippen molar-refractivity contribution in [2.24, 2.45) is 0 Å². The molecule has 1 atom stereocenters. The van der Waals surface area contributed by atoms with E-state index in [1.165, 1.54) is 10.9 Å². The Balaban J connectivity index is 2.93. The zero-order valence-electron chi connectivity index (χ0n) is 7.16. The minimum atomic E-state index is -0.394. The second kappa shape index (κ2) is 3.85. The quantitative estimate of drug-likeness (QED) is 0.615. The highest BCUT2D eigenvalue weighted by molar-refractivity contribution is 7.60. The molecule has 0 aliphatic carbocycles. The predicted octanol–water partition coefficient (Wildman–Crippen LogP) is 2.29. The molecule has 0 amide bonds. The largest absolute Gasteiger partial charge is 0.358 e. The first-order chi connectivity index (χ1) is 5.25. The van der Waals surface area contributed by atoms with Gasteiger partial charge in [-0.15, -0.1) is 0 Å². The number of hydrogen-bond donors (Lipinski definition) is 0. The van der Waals surface area contributed by atoms with Gasteiger partial charge < -0.3 is 4.52 Å². The van der Waals surface area contributed by atoms with E-state index in [-0.39, 0.29) is 0 Å². The van der Waals surface area contributed by atoms with Crippen LogP contribution in [0.5, 0.6) is 0 Å². The van der Waals surface area contributed by atoms with Gasteiger partial charge in [-0.25, -0.2) is 0 Å². The highest BCUT2D eigenvalue weighted by atomic mass is 31.1. The average molecular weight is 168 g/mol. The zero-order valence-corrected chi connectivity index (χ0v) is 8.06. The molecular weight excluding hydrogens is 155 g/mol. The van der Waals surface area contributed by atoms with Crippen LogP contribution in [0.25, 0.3) is 0 Å². The molecule has 0 saturated heterocycles. The van der Waals surface area contributed by atoms with Crippen molar-refractivity contribution in [2.45, 2.75) is 6.92 Å². The summed E-state index contributed by atoms with van der Waals surface area (Å²) in [5.41, 5.74) is 1.32. The van der Waals surface area contributed by atoms with E-state index in [9.17, 15) is 0 Å². The van der Waals surface area contributed by atoms with Gasteiger partial charge >= 0.3 is 0 Å². The molecular formula is C9H13OP. The Kier molecular flexibility index (Phi) is 3.04. The lowest BCUT2D eigenvalue weighted by Gasteiger charge is -2.11. The SMILES string of the molecule is COP(C)c1ccccc1C. The monoisotopic (exact) mass is 168 g/mol. The molecule has 0 spiro atoms. The van der Waals surface area contributed by atoms with Crippen LogP contribution in [0.4, 0.5) is 0 Å². The standard InChI is InChI=1S/C9H13OP/c1-8-6-4-5-7-9(8)11(3)10-2/h4-7H,1-3H3. The Morgan fingerprint density at radius 1 is 1.27 bits per heavy atom. The molecule has 1 rings (SSSR count).